The van der Waals surface area contributed by atoms with Gasteiger partial charge in [0.1, 0.15) is 11.7 Å². The number of benzene rings is 1. The highest BCUT2D eigenvalue weighted by Crippen LogP contribution is 2.33. The minimum Gasteiger partial charge on any atom is -0.465 e. The van der Waals surface area contributed by atoms with Gasteiger partial charge >= 0.3 is 6.09 Å². The van der Waals surface area contributed by atoms with Crippen molar-refractivity contribution in [3.8, 4) is 0 Å². The zero-order chi connectivity index (χ0) is 20.9. The molecule has 2 fully saturated rings. The zero-order valence-corrected chi connectivity index (χ0v) is 16.8. The summed E-state index contributed by atoms with van der Waals surface area (Å²) >= 11 is 0. The summed E-state index contributed by atoms with van der Waals surface area (Å²) in [6.45, 7) is 6.46. The number of carbonyl (C=O) groups excluding carboxylic acids is 2. The molecular formula is C21H26N4O4. The van der Waals surface area contributed by atoms with E-state index in [1.54, 1.807) is 11.0 Å². The van der Waals surface area contributed by atoms with Crippen LogP contribution in [0.2, 0.25) is 0 Å². The minimum absolute atomic E-state index is 0.126. The molecule has 2 aromatic rings. The second-order valence-corrected chi connectivity index (χ2v) is 9.01. The van der Waals surface area contributed by atoms with Crippen LogP contribution >= 0.6 is 0 Å². The van der Waals surface area contributed by atoms with Gasteiger partial charge in [-0.25, -0.2) is 4.79 Å². The van der Waals surface area contributed by atoms with Crippen LogP contribution in [0, 0.1) is 5.41 Å². The van der Waals surface area contributed by atoms with Crippen molar-refractivity contribution in [3.63, 3.8) is 0 Å². The Labute approximate surface area is 168 Å². The standard InChI is InChI=1S/C21H26N4O4/c1-21(2,3)17(19(27)24-10-14-9-13(24)11-25(14)20(28)29)23-18(26)16-8-12-6-4-5-7-15(12)22-16/h4-8,13-14,17,22H,9-11H2,1-3H3,(H,23,26)(H,28,29)/t13-,14-,17+/m0/s1. The first kappa shape index (κ1) is 19.3. The van der Waals surface area contributed by atoms with Gasteiger partial charge in [-0.2, -0.15) is 0 Å². The number of piperazine rings is 1. The van der Waals surface area contributed by atoms with Gasteiger partial charge in [-0.15, -0.1) is 0 Å². The molecule has 3 amide bonds. The number of para-hydroxylation sites is 1. The molecule has 3 heterocycles. The van der Waals surface area contributed by atoms with Gasteiger partial charge < -0.3 is 25.2 Å². The summed E-state index contributed by atoms with van der Waals surface area (Å²) in [5.41, 5.74) is 0.780. The van der Waals surface area contributed by atoms with Crippen LogP contribution in [0.25, 0.3) is 10.9 Å². The first-order chi connectivity index (χ1) is 13.6. The number of carbonyl (C=O) groups is 3. The molecule has 1 aromatic heterocycles. The Balaban J connectivity index is 1.52. The highest BCUT2D eigenvalue weighted by molar-refractivity contribution is 6.00. The lowest BCUT2D eigenvalue weighted by molar-refractivity contribution is -0.138. The van der Waals surface area contributed by atoms with Crippen molar-refractivity contribution in [2.75, 3.05) is 13.1 Å². The van der Waals surface area contributed by atoms with Gasteiger partial charge in [0.25, 0.3) is 5.91 Å². The molecule has 8 heteroatoms. The maximum atomic E-state index is 13.3. The lowest BCUT2D eigenvalue weighted by Crippen LogP contribution is -2.59. The van der Waals surface area contributed by atoms with E-state index in [2.05, 4.69) is 10.3 Å². The second-order valence-electron chi connectivity index (χ2n) is 9.01. The maximum absolute atomic E-state index is 13.3. The number of rotatable bonds is 3. The van der Waals surface area contributed by atoms with Crippen molar-refractivity contribution >= 4 is 28.8 Å². The predicted octanol–water partition coefficient (Wildman–Crippen LogP) is 2.28. The third-order valence-corrected chi connectivity index (χ3v) is 5.93. The summed E-state index contributed by atoms with van der Waals surface area (Å²) in [6.07, 6.45) is -0.283. The summed E-state index contributed by atoms with van der Waals surface area (Å²) < 4.78 is 0. The number of nitrogens with zero attached hydrogens (tertiary/aromatic N) is 2. The van der Waals surface area contributed by atoms with E-state index in [0.717, 1.165) is 10.9 Å². The molecule has 0 radical (unpaired) electrons. The van der Waals surface area contributed by atoms with Crippen molar-refractivity contribution in [2.45, 2.75) is 45.3 Å². The average molecular weight is 398 g/mol. The molecule has 2 bridgehead atoms. The number of hydrogen-bond donors (Lipinski definition) is 3. The fourth-order valence-electron chi connectivity index (χ4n) is 4.39. The molecule has 0 unspecified atom stereocenters. The Morgan fingerprint density at radius 3 is 2.38 bits per heavy atom. The molecule has 3 N–H and O–H groups in total. The minimum atomic E-state index is -0.941. The monoisotopic (exact) mass is 398 g/mol. The van der Waals surface area contributed by atoms with Gasteiger partial charge in [0, 0.05) is 24.0 Å². The third kappa shape index (κ3) is 3.43. The highest BCUT2D eigenvalue weighted by Gasteiger charge is 2.49. The van der Waals surface area contributed by atoms with Crippen molar-refractivity contribution in [1.29, 1.82) is 0 Å². The van der Waals surface area contributed by atoms with E-state index in [1.165, 1.54) is 4.90 Å². The summed E-state index contributed by atoms with van der Waals surface area (Å²) in [7, 11) is 0. The van der Waals surface area contributed by atoms with E-state index < -0.39 is 17.6 Å². The number of nitrogens with one attached hydrogen (secondary N) is 2. The predicted molar refractivity (Wildman–Crippen MR) is 108 cm³/mol. The molecule has 2 saturated heterocycles. The lowest BCUT2D eigenvalue weighted by Gasteiger charge is -2.38. The van der Waals surface area contributed by atoms with Crippen molar-refractivity contribution < 1.29 is 19.5 Å². The summed E-state index contributed by atoms with van der Waals surface area (Å²) in [5.74, 6) is -0.481. The van der Waals surface area contributed by atoms with E-state index in [-0.39, 0.29) is 23.9 Å². The molecule has 29 heavy (non-hydrogen) atoms. The van der Waals surface area contributed by atoms with Crippen LogP contribution < -0.4 is 5.32 Å². The Morgan fingerprint density at radius 1 is 1.14 bits per heavy atom. The summed E-state index contributed by atoms with van der Waals surface area (Å²) in [4.78, 5) is 43.8. The summed E-state index contributed by atoms with van der Waals surface area (Å²) in [5, 5.41) is 13.1. The Hall–Kier alpha value is -3.03. The molecule has 0 aliphatic carbocycles. The zero-order valence-electron chi connectivity index (χ0n) is 16.8. The second kappa shape index (κ2) is 6.79. The van der Waals surface area contributed by atoms with Crippen molar-refractivity contribution in [3.05, 3.63) is 36.0 Å². The SMILES string of the molecule is CC(C)(C)[C@H](NC(=O)c1cc2ccccc2[nH]1)C(=O)N1C[C@@H]2C[C@H]1CN2C(=O)O. The molecule has 1 aromatic carbocycles. The third-order valence-electron chi connectivity index (χ3n) is 5.93. The van der Waals surface area contributed by atoms with Gasteiger partial charge in [-0.05, 0) is 24.0 Å². The normalized spacial score (nSPS) is 22.2. The molecule has 8 nitrogen and oxygen atoms in total. The number of amides is 3. The fourth-order valence-corrected chi connectivity index (χ4v) is 4.39. The molecule has 0 saturated carbocycles. The molecule has 2 aliphatic rings. The Bertz CT molecular complexity index is 943. The quantitative estimate of drug-likeness (QED) is 0.737. The van der Waals surface area contributed by atoms with E-state index >= 15 is 0 Å². The number of H-pyrrole nitrogens is 1. The number of aromatic nitrogens is 1. The van der Waals surface area contributed by atoms with Crippen LogP contribution in [0.4, 0.5) is 4.79 Å². The molecular weight excluding hydrogens is 372 g/mol. The van der Waals surface area contributed by atoms with Crippen LogP contribution in [0.5, 0.6) is 0 Å². The average Bonchev–Trinajstić information content (AvgIpc) is 3.37. The van der Waals surface area contributed by atoms with Gasteiger partial charge in [0.05, 0.1) is 12.1 Å². The first-order valence-corrected chi connectivity index (χ1v) is 9.84. The number of fused-ring (bicyclic) bond motifs is 3. The molecule has 0 spiro atoms. The Kier molecular flexibility index (Phi) is 4.52. The smallest absolute Gasteiger partial charge is 0.407 e. The molecule has 4 rings (SSSR count). The van der Waals surface area contributed by atoms with Gasteiger partial charge in [0.2, 0.25) is 5.91 Å². The van der Waals surface area contributed by atoms with Gasteiger partial charge in [0.15, 0.2) is 0 Å². The van der Waals surface area contributed by atoms with Crippen LogP contribution in [0.1, 0.15) is 37.7 Å². The highest BCUT2D eigenvalue weighted by atomic mass is 16.4. The maximum Gasteiger partial charge on any atom is 0.407 e. The van der Waals surface area contributed by atoms with Crippen LogP contribution in [-0.2, 0) is 4.79 Å². The topological polar surface area (TPSA) is 106 Å². The molecule has 3 atom stereocenters. The van der Waals surface area contributed by atoms with E-state index in [0.29, 0.717) is 25.2 Å². The van der Waals surface area contributed by atoms with E-state index in [9.17, 15) is 19.5 Å². The lowest BCUT2D eigenvalue weighted by atomic mass is 9.85. The van der Waals surface area contributed by atoms with E-state index in [4.69, 9.17) is 0 Å². The fraction of sp³-hybridized carbons (Fsp3) is 0.476. The van der Waals surface area contributed by atoms with Gasteiger partial charge in [-0.1, -0.05) is 39.0 Å². The molecule has 2 aliphatic heterocycles. The number of likely N-dealkylation sites (tertiary alicyclic amines) is 2. The number of hydrogen-bond acceptors (Lipinski definition) is 3. The van der Waals surface area contributed by atoms with Crippen LogP contribution in [0.3, 0.4) is 0 Å². The first-order valence-electron chi connectivity index (χ1n) is 9.84. The number of aromatic amines is 1. The van der Waals surface area contributed by atoms with Crippen LogP contribution in [0.15, 0.2) is 30.3 Å². The summed E-state index contributed by atoms with van der Waals surface area (Å²) in [6, 6.07) is 8.39. The van der Waals surface area contributed by atoms with Crippen LogP contribution in [-0.4, -0.2) is 69.0 Å². The number of carboxylic acid groups (broad SMARTS) is 1. The molecule has 154 valence electrons. The van der Waals surface area contributed by atoms with Gasteiger partial charge in [-0.3, -0.25) is 9.59 Å². The van der Waals surface area contributed by atoms with Crippen molar-refractivity contribution in [1.82, 2.24) is 20.1 Å². The van der Waals surface area contributed by atoms with E-state index in [1.807, 2.05) is 45.0 Å². The Morgan fingerprint density at radius 2 is 1.79 bits per heavy atom. The van der Waals surface area contributed by atoms with Crippen molar-refractivity contribution in [2.24, 2.45) is 5.41 Å². The largest absolute Gasteiger partial charge is 0.465 e.